The van der Waals surface area contributed by atoms with Gasteiger partial charge in [0.05, 0.1) is 18.4 Å². The normalized spacial score (nSPS) is 16.8. The molecule has 0 atom stereocenters. The smallest absolute Gasteiger partial charge is 0.154 e. The zero-order valence-corrected chi connectivity index (χ0v) is 13.7. The van der Waals surface area contributed by atoms with Crippen molar-refractivity contribution in [3.8, 4) is 0 Å². The first kappa shape index (κ1) is 15.2. The summed E-state index contributed by atoms with van der Waals surface area (Å²) in [6.07, 6.45) is 4.05. The molecule has 0 bridgehead atoms. The van der Waals surface area contributed by atoms with E-state index in [0.717, 1.165) is 56.4 Å². The number of hydrogen-bond donors (Lipinski definition) is 0. The van der Waals surface area contributed by atoms with Crippen LogP contribution < -0.4 is 4.90 Å². The summed E-state index contributed by atoms with van der Waals surface area (Å²) in [7, 11) is 0. The van der Waals surface area contributed by atoms with Gasteiger partial charge in [0.25, 0.3) is 0 Å². The quantitative estimate of drug-likeness (QED) is 0.839. The molecule has 0 radical (unpaired) electrons. The summed E-state index contributed by atoms with van der Waals surface area (Å²) in [5, 5.41) is 4.46. The zero-order chi connectivity index (χ0) is 15.5. The van der Waals surface area contributed by atoms with Crippen LogP contribution in [0.2, 0.25) is 0 Å². The van der Waals surface area contributed by atoms with Gasteiger partial charge in [0.15, 0.2) is 5.82 Å². The second-order valence-electron chi connectivity index (χ2n) is 6.11. The van der Waals surface area contributed by atoms with Gasteiger partial charge in [0.1, 0.15) is 5.52 Å². The highest BCUT2D eigenvalue weighted by atomic mass is 16.5. The third-order valence-corrected chi connectivity index (χ3v) is 4.02. The summed E-state index contributed by atoms with van der Waals surface area (Å²) in [6.45, 7) is 12.1. The van der Waals surface area contributed by atoms with Gasteiger partial charge in [-0.1, -0.05) is 0 Å². The van der Waals surface area contributed by atoms with Gasteiger partial charge in [-0.3, -0.25) is 4.90 Å². The number of aromatic nitrogens is 3. The van der Waals surface area contributed by atoms with Gasteiger partial charge in [0, 0.05) is 45.1 Å². The highest BCUT2D eigenvalue weighted by Crippen LogP contribution is 2.20. The first-order chi connectivity index (χ1) is 10.6. The summed E-state index contributed by atoms with van der Waals surface area (Å²) in [4.78, 5) is 9.39. The van der Waals surface area contributed by atoms with Gasteiger partial charge in [-0.2, -0.15) is 5.10 Å². The molecule has 0 spiro atoms. The average molecular weight is 303 g/mol. The molecule has 1 saturated heterocycles. The van der Waals surface area contributed by atoms with Gasteiger partial charge < -0.3 is 9.64 Å². The zero-order valence-electron chi connectivity index (χ0n) is 13.7. The van der Waals surface area contributed by atoms with Gasteiger partial charge >= 0.3 is 0 Å². The fourth-order valence-electron chi connectivity index (χ4n) is 2.87. The van der Waals surface area contributed by atoms with Crippen LogP contribution in [0.4, 0.5) is 5.82 Å². The molecule has 0 saturated carbocycles. The molecule has 0 N–H and O–H groups in total. The second kappa shape index (κ2) is 6.62. The number of nitrogens with zero attached hydrogens (tertiary/aromatic N) is 5. The van der Waals surface area contributed by atoms with E-state index in [1.54, 1.807) is 0 Å². The minimum atomic E-state index is 0.313. The minimum absolute atomic E-state index is 0.313. The van der Waals surface area contributed by atoms with Crippen LogP contribution in [0, 0.1) is 6.92 Å². The van der Waals surface area contributed by atoms with Crippen LogP contribution in [0.1, 0.15) is 19.5 Å². The predicted molar refractivity (Wildman–Crippen MR) is 87.5 cm³/mol. The Morgan fingerprint density at radius 1 is 1.23 bits per heavy atom. The van der Waals surface area contributed by atoms with E-state index in [1.165, 1.54) is 0 Å². The lowest BCUT2D eigenvalue weighted by atomic mass is 10.3. The van der Waals surface area contributed by atoms with E-state index in [0.29, 0.717) is 6.10 Å². The standard InChI is InChI=1S/C16H25N5O/c1-13(2)22-11-10-19-6-8-20(9-7-19)16-15-12-14(3)18-21(15)5-4-17-16/h4-5,12-13H,6-11H2,1-3H3. The van der Waals surface area contributed by atoms with Gasteiger partial charge in [-0.15, -0.1) is 0 Å². The number of rotatable bonds is 5. The van der Waals surface area contributed by atoms with Crippen LogP contribution in [-0.2, 0) is 4.74 Å². The third kappa shape index (κ3) is 3.39. The van der Waals surface area contributed by atoms with E-state index in [-0.39, 0.29) is 0 Å². The molecule has 6 heteroatoms. The van der Waals surface area contributed by atoms with Crippen molar-refractivity contribution < 1.29 is 4.74 Å². The lowest BCUT2D eigenvalue weighted by molar-refractivity contribution is 0.0579. The SMILES string of the molecule is Cc1cc2c(N3CCN(CCOC(C)C)CC3)nccn2n1. The molecule has 1 aliphatic heterocycles. The largest absolute Gasteiger partial charge is 0.377 e. The molecule has 22 heavy (non-hydrogen) atoms. The van der Waals surface area contributed by atoms with Crippen molar-refractivity contribution in [1.29, 1.82) is 0 Å². The van der Waals surface area contributed by atoms with Crippen LogP contribution in [0.25, 0.3) is 5.52 Å². The fraction of sp³-hybridized carbons (Fsp3) is 0.625. The Bertz CT molecular complexity index is 616. The Labute approximate surface area is 131 Å². The summed E-state index contributed by atoms with van der Waals surface area (Å²) in [5.41, 5.74) is 2.12. The Balaban J connectivity index is 1.61. The van der Waals surface area contributed by atoms with E-state index in [1.807, 2.05) is 23.8 Å². The van der Waals surface area contributed by atoms with Crippen molar-refractivity contribution in [2.75, 3.05) is 44.2 Å². The fourth-order valence-corrected chi connectivity index (χ4v) is 2.87. The molecule has 2 aromatic heterocycles. The Kier molecular flexibility index (Phi) is 4.59. The summed E-state index contributed by atoms with van der Waals surface area (Å²) in [5.74, 6) is 1.04. The van der Waals surface area contributed by atoms with Crippen molar-refractivity contribution in [1.82, 2.24) is 19.5 Å². The van der Waals surface area contributed by atoms with Crippen LogP contribution in [-0.4, -0.2) is 64.9 Å². The Morgan fingerprint density at radius 2 is 2.00 bits per heavy atom. The highest BCUT2D eigenvalue weighted by molar-refractivity contribution is 5.69. The molecule has 6 nitrogen and oxygen atoms in total. The van der Waals surface area contributed by atoms with Crippen LogP contribution >= 0.6 is 0 Å². The van der Waals surface area contributed by atoms with Crippen molar-refractivity contribution >= 4 is 11.3 Å². The molecule has 2 aromatic rings. The maximum absolute atomic E-state index is 5.64. The lowest BCUT2D eigenvalue weighted by Crippen LogP contribution is -2.47. The summed E-state index contributed by atoms with van der Waals surface area (Å²) in [6, 6.07) is 2.10. The monoisotopic (exact) mass is 303 g/mol. The van der Waals surface area contributed by atoms with Crippen LogP contribution in [0.5, 0.6) is 0 Å². The van der Waals surface area contributed by atoms with E-state index < -0.39 is 0 Å². The first-order valence-electron chi connectivity index (χ1n) is 8.03. The van der Waals surface area contributed by atoms with Gasteiger partial charge in [0.2, 0.25) is 0 Å². The molecular formula is C16H25N5O. The molecule has 120 valence electrons. The number of ether oxygens (including phenoxy) is 1. The van der Waals surface area contributed by atoms with Gasteiger partial charge in [-0.05, 0) is 26.8 Å². The first-order valence-corrected chi connectivity index (χ1v) is 8.03. The summed E-state index contributed by atoms with van der Waals surface area (Å²) < 4.78 is 7.55. The lowest BCUT2D eigenvalue weighted by Gasteiger charge is -2.35. The molecule has 1 aliphatic rings. The van der Waals surface area contributed by atoms with Crippen LogP contribution in [0.3, 0.4) is 0 Å². The Morgan fingerprint density at radius 3 is 2.73 bits per heavy atom. The van der Waals surface area contributed by atoms with Crippen molar-refractivity contribution in [3.05, 3.63) is 24.2 Å². The number of aryl methyl sites for hydroxylation is 1. The number of hydrogen-bond acceptors (Lipinski definition) is 5. The molecule has 3 rings (SSSR count). The molecule has 3 heterocycles. The molecule has 0 amide bonds. The highest BCUT2D eigenvalue weighted by Gasteiger charge is 2.20. The van der Waals surface area contributed by atoms with E-state index in [9.17, 15) is 0 Å². The molecule has 0 aromatic carbocycles. The van der Waals surface area contributed by atoms with E-state index in [2.05, 4.69) is 39.8 Å². The topological polar surface area (TPSA) is 45.9 Å². The van der Waals surface area contributed by atoms with Crippen LogP contribution in [0.15, 0.2) is 18.5 Å². The van der Waals surface area contributed by atoms with Gasteiger partial charge in [-0.25, -0.2) is 9.50 Å². The number of piperazine rings is 1. The number of fused-ring (bicyclic) bond motifs is 1. The summed E-state index contributed by atoms with van der Waals surface area (Å²) >= 11 is 0. The van der Waals surface area contributed by atoms with E-state index in [4.69, 9.17) is 4.74 Å². The molecule has 1 fully saturated rings. The maximum atomic E-state index is 5.64. The van der Waals surface area contributed by atoms with Crippen molar-refractivity contribution in [2.24, 2.45) is 0 Å². The van der Waals surface area contributed by atoms with Crippen molar-refractivity contribution in [2.45, 2.75) is 26.9 Å². The number of anilines is 1. The van der Waals surface area contributed by atoms with E-state index >= 15 is 0 Å². The Hall–Kier alpha value is -1.66. The molecular weight excluding hydrogens is 278 g/mol. The molecule has 0 aliphatic carbocycles. The average Bonchev–Trinajstić information content (AvgIpc) is 2.87. The van der Waals surface area contributed by atoms with Crippen molar-refractivity contribution in [3.63, 3.8) is 0 Å². The minimum Gasteiger partial charge on any atom is -0.377 e. The maximum Gasteiger partial charge on any atom is 0.154 e. The third-order valence-electron chi connectivity index (χ3n) is 4.02. The molecule has 0 unspecified atom stereocenters. The predicted octanol–water partition coefficient (Wildman–Crippen LogP) is 1.58. The second-order valence-corrected chi connectivity index (χ2v) is 6.11.